The Morgan fingerprint density at radius 1 is 1.21 bits per heavy atom. The lowest BCUT2D eigenvalue weighted by Crippen LogP contribution is -2.30. The first-order valence-electron chi connectivity index (χ1n) is 7.35. The Labute approximate surface area is 141 Å². The number of hydrogen-bond acceptors (Lipinski definition) is 6. The van der Waals surface area contributed by atoms with E-state index in [0.29, 0.717) is 17.0 Å². The van der Waals surface area contributed by atoms with Crippen LogP contribution in [0, 0.1) is 27.7 Å². The molecule has 0 atom stereocenters. The Bertz CT molecular complexity index is 836. The lowest BCUT2D eigenvalue weighted by Gasteiger charge is -2.09. The molecule has 0 saturated heterocycles. The van der Waals surface area contributed by atoms with Crippen molar-refractivity contribution >= 4 is 16.0 Å². The number of ether oxygens (including phenoxy) is 1. The number of benzene rings is 1. The molecule has 0 saturated carbocycles. The van der Waals surface area contributed by atoms with Gasteiger partial charge in [0.15, 0.2) is 0 Å². The molecule has 24 heavy (non-hydrogen) atoms. The summed E-state index contributed by atoms with van der Waals surface area (Å²) < 4.78 is 36.7. The molecule has 130 valence electrons. The highest BCUT2D eigenvalue weighted by atomic mass is 32.2. The van der Waals surface area contributed by atoms with E-state index in [1.54, 1.807) is 26.0 Å². The fourth-order valence-electron chi connectivity index (χ4n) is 2.03. The van der Waals surface area contributed by atoms with Crippen LogP contribution in [0.1, 0.15) is 28.1 Å². The smallest absolute Gasteiger partial charge is 0.321 e. The number of carbonyl (C=O) groups excluding carboxylic acids is 1. The molecule has 1 heterocycles. The summed E-state index contributed by atoms with van der Waals surface area (Å²) in [6.07, 6.45) is 0. The minimum atomic E-state index is -3.76. The van der Waals surface area contributed by atoms with Crippen molar-refractivity contribution in [2.24, 2.45) is 0 Å². The number of esters is 1. The number of aromatic nitrogens is 1. The molecule has 0 unspecified atom stereocenters. The molecule has 7 nitrogen and oxygen atoms in total. The summed E-state index contributed by atoms with van der Waals surface area (Å²) in [6.45, 7) is 6.72. The van der Waals surface area contributed by atoms with Gasteiger partial charge >= 0.3 is 5.97 Å². The van der Waals surface area contributed by atoms with Crippen molar-refractivity contribution in [2.75, 3.05) is 6.54 Å². The van der Waals surface area contributed by atoms with Crippen LogP contribution in [0.4, 0.5) is 0 Å². The van der Waals surface area contributed by atoms with E-state index in [0.717, 1.165) is 11.1 Å². The molecule has 2 aromatic rings. The van der Waals surface area contributed by atoms with Crippen LogP contribution in [-0.4, -0.2) is 26.1 Å². The molecule has 0 radical (unpaired) electrons. The van der Waals surface area contributed by atoms with E-state index in [4.69, 9.17) is 9.26 Å². The molecular weight excluding hydrogens is 332 g/mol. The number of aryl methyl sites for hydroxylation is 4. The topological polar surface area (TPSA) is 98.5 Å². The number of nitrogens with one attached hydrogen (secondary N) is 1. The molecular formula is C16H20N2O5S. The standard InChI is InChI=1S/C16H20N2O5S/c1-10-5-6-14(7-11(10)2)24(20,21)17-8-16(19)22-9-15-12(3)18-23-13(15)4/h5-7,17H,8-9H2,1-4H3. The van der Waals surface area contributed by atoms with Crippen molar-refractivity contribution in [2.45, 2.75) is 39.2 Å². The van der Waals surface area contributed by atoms with Gasteiger partial charge in [-0.1, -0.05) is 11.2 Å². The number of carbonyl (C=O) groups is 1. The largest absolute Gasteiger partial charge is 0.460 e. The van der Waals surface area contributed by atoms with Gasteiger partial charge < -0.3 is 9.26 Å². The Kier molecular flexibility index (Phi) is 5.40. The first-order valence-corrected chi connectivity index (χ1v) is 8.83. The third kappa shape index (κ3) is 4.21. The first-order chi connectivity index (χ1) is 11.2. The highest BCUT2D eigenvalue weighted by molar-refractivity contribution is 7.89. The van der Waals surface area contributed by atoms with E-state index in [1.165, 1.54) is 6.07 Å². The first kappa shape index (κ1) is 18.2. The van der Waals surface area contributed by atoms with E-state index in [-0.39, 0.29) is 11.5 Å². The molecule has 0 spiro atoms. The SMILES string of the molecule is Cc1ccc(S(=O)(=O)NCC(=O)OCc2c(C)noc2C)cc1C. The third-order valence-corrected chi connectivity index (χ3v) is 5.15. The van der Waals surface area contributed by atoms with Gasteiger partial charge in [-0.25, -0.2) is 8.42 Å². The molecule has 2 rings (SSSR count). The lowest BCUT2D eigenvalue weighted by molar-refractivity contribution is -0.143. The number of sulfonamides is 1. The van der Waals surface area contributed by atoms with E-state index < -0.39 is 22.5 Å². The number of hydrogen-bond donors (Lipinski definition) is 1. The fourth-order valence-corrected chi connectivity index (χ4v) is 3.08. The summed E-state index contributed by atoms with van der Waals surface area (Å²) in [4.78, 5) is 11.9. The molecule has 0 bridgehead atoms. The van der Waals surface area contributed by atoms with Gasteiger partial charge in [0, 0.05) is 0 Å². The maximum atomic E-state index is 12.2. The maximum absolute atomic E-state index is 12.2. The second-order valence-corrected chi connectivity index (χ2v) is 7.30. The van der Waals surface area contributed by atoms with Crippen molar-refractivity contribution in [3.8, 4) is 0 Å². The predicted molar refractivity (Wildman–Crippen MR) is 86.9 cm³/mol. The zero-order valence-corrected chi connectivity index (χ0v) is 14.9. The molecule has 1 aromatic heterocycles. The molecule has 0 aliphatic heterocycles. The van der Waals surface area contributed by atoms with Crippen LogP contribution in [0.5, 0.6) is 0 Å². The highest BCUT2D eigenvalue weighted by Crippen LogP contribution is 2.15. The quantitative estimate of drug-likeness (QED) is 0.798. The Morgan fingerprint density at radius 3 is 2.50 bits per heavy atom. The summed E-state index contributed by atoms with van der Waals surface area (Å²) >= 11 is 0. The van der Waals surface area contributed by atoms with Crippen LogP contribution in [0.15, 0.2) is 27.6 Å². The highest BCUT2D eigenvalue weighted by Gasteiger charge is 2.17. The minimum absolute atomic E-state index is 0.00856. The van der Waals surface area contributed by atoms with Crippen molar-refractivity contribution in [1.82, 2.24) is 9.88 Å². The molecule has 1 aromatic carbocycles. The van der Waals surface area contributed by atoms with Crippen molar-refractivity contribution in [1.29, 1.82) is 0 Å². The van der Waals surface area contributed by atoms with E-state index >= 15 is 0 Å². The van der Waals surface area contributed by atoms with E-state index in [2.05, 4.69) is 9.88 Å². The van der Waals surface area contributed by atoms with Crippen LogP contribution in [0.3, 0.4) is 0 Å². The average molecular weight is 352 g/mol. The second-order valence-electron chi connectivity index (χ2n) is 5.53. The van der Waals surface area contributed by atoms with Gasteiger partial charge in [-0.2, -0.15) is 4.72 Å². The lowest BCUT2D eigenvalue weighted by atomic mass is 10.1. The van der Waals surface area contributed by atoms with Gasteiger partial charge in [0.05, 0.1) is 16.2 Å². The summed E-state index contributed by atoms with van der Waals surface area (Å²) in [7, 11) is -3.76. The van der Waals surface area contributed by atoms with E-state index in [9.17, 15) is 13.2 Å². The zero-order chi connectivity index (χ0) is 17.9. The maximum Gasteiger partial charge on any atom is 0.321 e. The van der Waals surface area contributed by atoms with Crippen LogP contribution >= 0.6 is 0 Å². The number of rotatable bonds is 6. The summed E-state index contributed by atoms with van der Waals surface area (Å²) in [5, 5.41) is 3.76. The second kappa shape index (κ2) is 7.14. The summed E-state index contributed by atoms with van der Waals surface area (Å²) in [6, 6.07) is 4.78. The molecule has 8 heteroatoms. The molecule has 1 N–H and O–H groups in total. The number of nitrogens with zero attached hydrogens (tertiary/aromatic N) is 1. The minimum Gasteiger partial charge on any atom is -0.460 e. The van der Waals surface area contributed by atoms with Crippen LogP contribution < -0.4 is 4.72 Å². The van der Waals surface area contributed by atoms with Gasteiger partial charge in [0.1, 0.15) is 18.9 Å². The van der Waals surface area contributed by atoms with E-state index in [1.807, 2.05) is 13.8 Å². The summed E-state index contributed by atoms with van der Waals surface area (Å²) in [5.41, 5.74) is 3.17. The van der Waals surface area contributed by atoms with Gasteiger partial charge in [0.25, 0.3) is 0 Å². The van der Waals surface area contributed by atoms with Crippen LogP contribution in [0.25, 0.3) is 0 Å². The van der Waals surface area contributed by atoms with Gasteiger partial charge in [0.2, 0.25) is 10.0 Å². The van der Waals surface area contributed by atoms with Crippen molar-refractivity contribution in [3.05, 3.63) is 46.3 Å². The van der Waals surface area contributed by atoms with Crippen LogP contribution in [0.2, 0.25) is 0 Å². The predicted octanol–water partition coefficient (Wildman–Crippen LogP) is 1.93. The van der Waals surface area contributed by atoms with Gasteiger partial charge in [-0.15, -0.1) is 0 Å². The van der Waals surface area contributed by atoms with Crippen molar-refractivity contribution < 1.29 is 22.5 Å². The van der Waals surface area contributed by atoms with Gasteiger partial charge in [-0.05, 0) is 51.0 Å². The Morgan fingerprint density at radius 2 is 1.92 bits per heavy atom. The normalized spacial score (nSPS) is 11.5. The molecule has 0 aliphatic carbocycles. The zero-order valence-electron chi connectivity index (χ0n) is 14.0. The fraction of sp³-hybridized carbons (Fsp3) is 0.375. The monoisotopic (exact) mass is 352 g/mol. The molecule has 0 amide bonds. The average Bonchev–Trinajstić information content (AvgIpc) is 2.84. The van der Waals surface area contributed by atoms with Crippen LogP contribution in [-0.2, 0) is 26.2 Å². The Balaban J connectivity index is 1.94. The van der Waals surface area contributed by atoms with Gasteiger partial charge in [-0.3, -0.25) is 4.79 Å². The summed E-state index contributed by atoms with van der Waals surface area (Å²) in [5.74, 6) is -0.113. The Hall–Kier alpha value is -2.19. The third-order valence-electron chi connectivity index (χ3n) is 3.75. The molecule has 0 fully saturated rings. The van der Waals surface area contributed by atoms with Crippen molar-refractivity contribution in [3.63, 3.8) is 0 Å². The molecule has 0 aliphatic rings.